The summed E-state index contributed by atoms with van der Waals surface area (Å²) in [5.41, 5.74) is 4.07. The van der Waals surface area contributed by atoms with E-state index in [0.717, 1.165) is 48.2 Å². The molecule has 2 unspecified atom stereocenters. The van der Waals surface area contributed by atoms with Gasteiger partial charge in [-0.25, -0.2) is 19.3 Å². The van der Waals surface area contributed by atoms with Gasteiger partial charge in [-0.3, -0.25) is 28.1 Å². The molecule has 1 fully saturated rings. The number of carbonyl (C=O) groups excluding carboxylic acids is 3. The quantitative estimate of drug-likeness (QED) is 0.0307. The molecule has 0 spiro atoms. The summed E-state index contributed by atoms with van der Waals surface area (Å²) < 4.78 is 60.9. The highest BCUT2D eigenvalue weighted by Gasteiger charge is 2.47. The number of hydrogen-bond acceptors (Lipinski definition) is 23. The Kier molecular flexibility index (Phi) is 31.2. The molecule has 8 atom stereocenters. The Morgan fingerprint density at radius 3 is 2.03 bits per heavy atom. The van der Waals surface area contributed by atoms with Crippen molar-refractivity contribution in [2.24, 2.45) is 5.41 Å². The minimum Gasteiger partial charge on any atom is -0.790 e. The maximum atomic E-state index is 12.7. The minimum absolute atomic E-state index is 0.0144. The molecule has 0 radical (unpaired) electrons. The van der Waals surface area contributed by atoms with Crippen molar-refractivity contribution in [1.82, 2.24) is 30.2 Å². The Hall–Kier alpha value is -2.74. The molecule has 29 heteroatoms. The van der Waals surface area contributed by atoms with E-state index in [0.29, 0.717) is 6.42 Å². The second kappa shape index (κ2) is 35.1. The topological polar surface area (TPSA) is 395 Å². The third-order valence-electron chi connectivity index (χ3n) is 12.4. The number of phosphoric ester groups is 3. The number of hydrogen-bond donors (Lipinski definition) is 6. The maximum absolute atomic E-state index is 12.7. The van der Waals surface area contributed by atoms with Gasteiger partial charge in [-0.2, -0.15) is 0 Å². The highest BCUT2D eigenvalue weighted by molar-refractivity contribution is 8.13. The molecular formula is C47H80N7O18P3S-4. The number of aromatic nitrogens is 4. The number of nitrogens with zero attached hydrogens (tertiary/aromatic N) is 4. The summed E-state index contributed by atoms with van der Waals surface area (Å²) in [7, 11) is -17.7. The lowest BCUT2D eigenvalue weighted by Crippen LogP contribution is -2.46. The van der Waals surface area contributed by atoms with Crippen LogP contribution in [0.3, 0.4) is 0 Å². The number of allylic oxidation sites excluding steroid dienone is 2. The number of amides is 2. The number of anilines is 1. The first-order chi connectivity index (χ1) is 35.9. The molecule has 2 amide bonds. The van der Waals surface area contributed by atoms with Crippen molar-refractivity contribution in [3.05, 3.63) is 24.8 Å². The number of aliphatic hydroxyl groups excluding tert-OH is 3. The summed E-state index contributed by atoms with van der Waals surface area (Å²) >= 11 is 0.992. The van der Waals surface area contributed by atoms with E-state index < -0.39 is 90.7 Å². The van der Waals surface area contributed by atoms with Crippen LogP contribution in [-0.2, 0) is 50.7 Å². The number of carbonyl (C=O) groups is 3. The number of ether oxygens (including phenoxy) is 1. The van der Waals surface area contributed by atoms with E-state index in [1.165, 1.54) is 117 Å². The summed E-state index contributed by atoms with van der Waals surface area (Å²) in [4.78, 5) is 97.2. The fourth-order valence-electron chi connectivity index (χ4n) is 8.14. The molecule has 3 rings (SSSR count). The predicted octanol–water partition coefficient (Wildman–Crippen LogP) is 4.27. The van der Waals surface area contributed by atoms with Crippen molar-refractivity contribution in [3.63, 3.8) is 0 Å². The lowest BCUT2D eigenvalue weighted by atomic mass is 9.87. The molecular weight excluding hydrogens is 1080 g/mol. The molecule has 76 heavy (non-hydrogen) atoms. The van der Waals surface area contributed by atoms with E-state index in [9.17, 15) is 63.0 Å². The number of nitrogens with two attached hydrogens (primary N) is 1. The highest BCUT2D eigenvalue weighted by Crippen LogP contribution is 2.56. The summed E-state index contributed by atoms with van der Waals surface area (Å²) in [5.74, 6) is -1.32. The van der Waals surface area contributed by atoms with Crippen molar-refractivity contribution in [2.45, 2.75) is 199 Å². The number of thioether (sulfide) groups is 1. The largest absolute Gasteiger partial charge is 0.790 e. The Morgan fingerprint density at radius 2 is 1.42 bits per heavy atom. The average Bonchev–Trinajstić information content (AvgIpc) is 3.91. The second-order valence-corrected chi connectivity index (χ2v) is 24.8. The average molecular weight is 1160 g/mol. The fourth-order valence-corrected chi connectivity index (χ4v) is 11.6. The van der Waals surface area contributed by atoms with Crippen LogP contribution in [0.15, 0.2) is 24.8 Å². The maximum Gasteiger partial charge on any atom is 0.274 e. The summed E-state index contributed by atoms with van der Waals surface area (Å²) in [6, 6.07) is 0. The number of rotatable bonds is 42. The Bertz CT molecular complexity index is 2220. The number of nitrogens with one attached hydrogen (secondary N) is 2. The molecule has 1 aliphatic rings. The van der Waals surface area contributed by atoms with E-state index in [4.69, 9.17) is 10.5 Å². The van der Waals surface area contributed by atoms with Crippen molar-refractivity contribution < 1.29 is 85.6 Å². The lowest BCUT2D eigenvalue weighted by molar-refractivity contribution is -0.347. The zero-order valence-corrected chi connectivity index (χ0v) is 47.4. The molecule has 2 aromatic rings. The molecule has 1 aliphatic heterocycles. The number of imidazole rings is 1. The summed E-state index contributed by atoms with van der Waals surface area (Å²) in [6.45, 7) is 2.26. The number of nitrogen functional groups attached to an aromatic ring is 1. The van der Waals surface area contributed by atoms with Crippen LogP contribution in [-0.4, -0.2) is 114 Å². The van der Waals surface area contributed by atoms with Crippen LogP contribution in [0.4, 0.5) is 5.82 Å². The molecule has 0 bridgehead atoms. The third kappa shape index (κ3) is 26.9. The van der Waals surface area contributed by atoms with Crippen LogP contribution in [0.25, 0.3) is 11.2 Å². The van der Waals surface area contributed by atoms with E-state index in [2.05, 4.69) is 62.5 Å². The van der Waals surface area contributed by atoms with Crippen LogP contribution >= 0.6 is 35.2 Å². The van der Waals surface area contributed by atoms with Gasteiger partial charge in [-0.05, 0) is 32.1 Å². The molecule has 0 aliphatic carbocycles. The van der Waals surface area contributed by atoms with Gasteiger partial charge in [-0.1, -0.05) is 141 Å². The molecule has 436 valence electrons. The standard InChI is InChI=1S/C47H84N7O18P3S/c1-4-5-6-7-8-9-10-11-12-13-14-15-16-17-18-19-20-21-22-23-24-25-35(55)30-38(57)76-29-28-49-37(56)26-27-50-45(60)42(59)47(2,3)32-69-75(66,67)72-74(64,65)68-31-36-41(71-73(61,62)63)40(58)46(70-36)54-34-53-39-43(48)51-33-52-44(39)54/h11-12,33-36,40-42,46,55,58-59H,4-10,13-32H2,1-3H3,(H,49,56)(H,50,60)(H,64,65)(H,66,67)(H2,48,51,52)(H2,61,62,63)/p-4/b12-11-/t35-,36-,40-,41-,42+,46-/m1/s1. The van der Waals surface area contributed by atoms with E-state index in [-0.39, 0.29) is 53.8 Å². The molecule has 7 N–H and O–H groups in total. The van der Waals surface area contributed by atoms with E-state index >= 15 is 0 Å². The molecule has 3 heterocycles. The van der Waals surface area contributed by atoms with Crippen molar-refractivity contribution in [2.75, 3.05) is 37.8 Å². The lowest BCUT2D eigenvalue weighted by Gasteiger charge is -2.36. The molecule has 25 nitrogen and oxygen atoms in total. The number of fused-ring (bicyclic) bond motifs is 1. The Morgan fingerprint density at radius 1 is 0.842 bits per heavy atom. The first-order valence-corrected chi connectivity index (χ1v) is 31.6. The third-order valence-corrected chi connectivity index (χ3v) is 16.4. The van der Waals surface area contributed by atoms with Gasteiger partial charge in [0.25, 0.3) is 15.6 Å². The predicted molar refractivity (Wildman–Crippen MR) is 276 cm³/mol. The monoisotopic (exact) mass is 1160 g/mol. The van der Waals surface area contributed by atoms with Crippen molar-refractivity contribution in [3.8, 4) is 0 Å². The Balaban J connectivity index is 1.22. The van der Waals surface area contributed by atoms with Crippen LogP contribution in [0.2, 0.25) is 0 Å². The second-order valence-electron chi connectivity index (χ2n) is 19.6. The zero-order valence-electron chi connectivity index (χ0n) is 43.9. The minimum atomic E-state index is -5.93. The number of phosphoric acid groups is 3. The van der Waals surface area contributed by atoms with Gasteiger partial charge in [0.1, 0.15) is 36.3 Å². The summed E-state index contributed by atoms with van der Waals surface area (Å²) in [6.07, 6.45) is 20.5. The highest BCUT2D eigenvalue weighted by atomic mass is 32.2. The SMILES string of the molecule is CCCCCCCC/C=C\CCCCCCCCCCCCC[C@@H](O)CC(=O)SCCNC(=O)CCNC(=O)[C@H](O)C(C)(C)COP(=O)([O-])OP(=O)([O-])OC[C@H]1O[C@@H](n2cnc3c(N)ncnc32)[C@H](O)[C@@H]1OP(=O)([O-])[O-]. The molecule has 2 aromatic heterocycles. The van der Waals surface area contributed by atoms with Gasteiger partial charge >= 0.3 is 0 Å². The Labute approximate surface area is 450 Å². The first kappa shape index (κ1) is 67.5. The van der Waals surface area contributed by atoms with Crippen molar-refractivity contribution >= 4 is 69.1 Å². The van der Waals surface area contributed by atoms with E-state index in [1.807, 2.05) is 0 Å². The first-order valence-electron chi connectivity index (χ1n) is 26.3. The van der Waals surface area contributed by atoms with Gasteiger partial charge in [0, 0.05) is 37.1 Å². The van der Waals surface area contributed by atoms with Crippen LogP contribution in [0.5, 0.6) is 0 Å². The number of aliphatic hydroxyl groups is 3. The molecule has 0 saturated carbocycles. The van der Waals surface area contributed by atoms with Crippen molar-refractivity contribution in [1.29, 1.82) is 0 Å². The normalized spacial score (nSPS) is 19.7. The van der Waals surface area contributed by atoms with Gasteiger partial charge in [-0.15, -0.1) is 0 Å². The van der Waals surface area contributed by atoms with Gasteiger partial charge in [0.05, 0.1) is 33.5 Å². The van der Waals surface area contributed by atoms with Gasteiger partial charge < -0.3 is 74.1 Å². The van der Waals surface area contributed by atoms with Crippen LogP contribution in [0, 0.1) is 5.41 Å². The van der Waals surface area contributed by atoms with Gasteiger partial charge in [0.2, 0.25) is 11.8 Å². The van der Waals surface area contributed by atoms with Gasteiger partial charge in [0.15, 0.2) is 22.8 Å². The number of unbranched alkanes of at least 4 members (excludes halogenated alkanes) is 17. The van der Waals surface area contributed by atoms with Crippen LogP contribution < -0.4 is 35.9 Å². The molecule has 0 aromatic carbocycles. The fraction of sp³-hybridized carbons (Fsp3) is 0.787. The van der Waals surface area contributed by atoms with E-state index in [1.54, 1.807) is 0 Å². The summed E-state index contributed by atoms with van der Waals surface area (Å²) in [5, 5.41) is 36.6. The smallest absolute Gasteiger partial charge is 0.274 e. The molecule has 1 saturated heterocycles. The van der Waals surface area contributed by atoms with Crippen LogP contribution in [0.1, 0.15) is 168 Å². The zero-order chi connectivity index (χ0) is 56.2.